The highest BCUT2D eigenvalue weighted by Gasteiger charge is 2.25. The number of hydrogen-bond acceptors (Lipinski definition) is 8. The summed E-state index contributed by atoms with van der Waals surface area (Å²) in [6.07, 6.45) is 2.25. The smallest absolute Gasteiger partial charge is 0.246 e. The van der Waals surface area contributed by atoms with Gasteiger partial charge in [0.1, 0.15) is 10.8 Å². The maximum absolute atomic E-state index is 11.8. The summed E-state index contributed by atoms with van der Waals surface area (Å²) in [6, 6.07) is 4.12. The Bertz CT molecular complexity index is 965. The van der Waals surface area contributed by atoms with Crippen LogP contribution in [0.3, 0.4) is 0 Å². The Hall–Kier alpha value is -2.52. The third kappa shape index (κ3) is 3.40. The van der Waals surface area contributed by atoms with Gasteiger partial charge in [0.05, 0.1) is 15.9 Å². The van der Waals surface area contributed by atoms with Gasteiger partial charge in [-0.1, -0.05) is 6.58 Å². The van der Waals surface area contributed by atoms with Gasteiger partial charge in [0.15, 0.2) is 0 Å². The molecule has 134 valence electrons. The largest absolute Gasteiger partial charge is 0.364 e. The number of nitrogens with zero attached hydrogens (tertiary/aromatic N) is 4. The van der Waals surface area contributed by atoms with Crippen molar-refractivity contribution in [3.05, 3.63) is 35.9 Å². The van der Waals surface area contributed by atoms with E-state index in [1.807, 2.05) is 24.4 Å². The maximum atomic E-state index is 11.8. The van der Waals surface area contributed by atoms with Crippen LogP contribution in [0.4, 0.5) is 16.8 Å². The van der Waals surface area contributed by atoms with Crippen LogP contribution in [0.15, 0.2) is 30.2 Å². The van der Waals surface area contributed by atoms with E-state index in [1.54, 1.807) is 16.2 Å². The van der Waals surface area contributed by atoms with Crippen molar-refractivity contribution in [2.45, 2.75) is 19.4 Å². The molecule has 1 fully saturated rings. The molecule has 4 rings (SSSR count). The van der Waals surface area contributed by atoms with Gasteiger partial charge in [-0.2, -0.15) is 9.36 Å². The molecule has 0 bridgehead atoms. The molecule has 9 heteroatoms. The third-order valence-electron chi connectivity index (χ3n) is 4.18. The number of fused-ring (bicyclic) bond motifs is 1. The predicted octanol–water partition coefficient (Wildman–Crippen LogP) is 3.40. The quantitative estimate of drug-likeness (QED) is 0.654. The molecular weight excluding hydrogens is 368 g/mol. The Balaban J connectivity index is 1.57. The van der Waals surface area contributed by atoms with Crippen LogP contribution in [-0.2, 0) is 4.79 Å². The van der Waals surface area contributed by atoms with Crippen molar-refractivity contribution in [1.82, 2.24) is 19.2 Å². The summed E-state index contributed by atoms with van der Waals surface area (Å²) >= 11 is 2.99. The lowest BCUT2D eigenvalue weighted by atomic mass is 10.2. The highest BCUT2D eigenvalue weighted by Crippen LogP contribution is 2.30. The first-order valence-electron chi connectivity index (χ1n) is 8.26. The van der Waals surface area contributed by atoms with Crippen molar-refractivity contribution in [3.8, 4) is 0 Å². The molecule has 7 nitrogen and oxygen atoms in total. The topological polar surface area (TPSA) is 83.0 Å². The monoisotopic (exact) mass is 386 g/mol. The lowest BCUT2D eigenvalue weighted by molar-refractivity contribution is -0.125. The fourth-order valence-corrected chi connectivity index (χ4v) is 4.39. The fraction of sp³-hybridized carbons (Fsp3) is 0.294. The standard InChI is InChI=1S/C17H18N6OS2/c1-3-14(24)23-6-4-11(9-23)18-16-15-12(5-7-25-15)19-17(21-16)20-13-8-10(2)22-26-13/h3,5,7-8,11H,1,4,6,9H2,2H3,(H2,18,19,20,21)/t11-/m1/s1. The molecule has 0 radical (unpaired) electrons. The fourth-order valence-electron chi connectivity index (χ4n) is 2.95. The first-order chi connectivity index (χ1) is 12.6. The molecule has 0 aromatic carbocycles. The van der Waals surface area contributed by atoms with Crippen molar-refractivity contribution in [3.63, 3.8) is 0 Å². The molecule has 1 aliphatic heterocycles. The lowest BCUT2D eigenvalue weighted by Crippen LogP contribution is -2.30. The van der Waals surface area contributed by atoms with E-state index in [1.165, 1.54) is 17.6 Å². The molecule has 4 heterocycles. The summed E-state index contributed by atoms with van der Waals surface area (Å²) in [5.41, 5.74) is 1.86. The Kier molecular flexibility index (Phi) is 4.56. The summed E-state index contributed by atoms with van der Waals surface area (Å²) in [4.78, 5) is 22.8. The van der Waals surface area contributed by atoms with E-state index >= 15 is 0 Å². The predicted molar refractivity (Wildman–Crippen MR) is 106 cm³/mol. The van der Waals surface area contributed by atoms with Crippen molar-refractivity contribution in [2.24, 2.45) is 0 Å². The normalized spacial score (nSPS) is 16.8. The first kappa shape index (κ1) is 16.9. The number of thiophene rings is 1. The van der Waals surface area contributed by atoms with E-state index in [2.05, 4.69) is 31.6 Å². The van der Waals surface area contributed by atoms with Crippen LogP contribution in [0, 0.1) is 6.92 Å². The SMILES string of the molecule is C=CC(=O)N1CC[C@@H](Nc2nc(Nc3cc(C)ns3)nc3ccsc23)C1. The van der Waals surface area contributed by atoms with Crippen LogP contribution < -0.4 is 10.6 Å². The zero-order valence-corrected chi connectivity index (χ0v) is 15.9. The van der Waals surface area contributed by atoms with E-state index < -0.39 is 0 Å². The number of carbonyl (C=O) groups is 1. The molecule has 2 N–H and O–H groups in total. The molecule has 3 aromatic heterocycles. The van der Waals surface area contributed by atoms with Gasteiger partial charge in [-0.15, -0.1) is 11.3 Å². The second-order valence-electron chi connectivity index (χ2n) is 6.11. The zero-order chi connectivity index (χ0) is 18.1. The first-order valence-corrected chi connectivity index (χ1v) is 9.91. The number of aryl methyl sites for hydroxylation is 1. The number of nitrogens with one attached hydrogen (secondary N) is 2. The van der Waals surface area contributed by atoms with Gasteiger partial charge in [-0.05, 0) is 48.5 Å². The highest BCUT2D eigenvalue weighted by atomic mass is 32.1. The minimum atomic E-state index is -0.0267. The number of rotatable bonds is 5. The van der Waals surface area contributed by atoms with Crippen molar-refractivity contribution in [2.75, 3.05) is 23.7 Å². The van der Waals surface area contributed by atoms with E-state index in [0.717, 1.165) is 39.7 Å². The number of amides is 1. The molecule has 1 atom stereocenters. The number of aromatic nitrogens is 3. The Morgan fingerprint density at radius 1 is 1.46 bits per heavy atom. The number of carbonyl (C=O) groups excluding carboxylic acids is 1. The molecule has 0 spiro atoms. The Morgan fingerprint density at radius 3 is 3.12 bits per heavy atom. The molecule has 26 heavy (non-hydrogen) atoms. The number of hydrogen-bond donors (Lipinski definition) is 2. The Labute approximate surface area is 158 Å². The molecule has 0 saturated carbocycles. The summed E-state index contributed by atoms with van der Waals surface area (Å²) in [7, 11) is 0. The molecule has 0 unspecified atom stereocenters. The average molecular weight is 387 g/mol. The van der Waals surface area contributed by atoms with Crippen molar-refractivity contribution < 1.29 is 4.79 Å². The van der Waals surface area contributed by atoms with E-state index in [0.29, 0.717) is 12.5 Å². The molecule has 3 aromatic rings. The van der Waals surface area contributed by atoms with Crippen molar-refractivity contribution >= 4 is 55.8 Å². The van der Waals surface area contributed by atoms with Gasteiger partial charge >= 0.3 is 0 Å². The van der Waals surface area contributed by atoms with Crippen LogP contribution >= 0.6 is 22.9 Å². The van der Waals surface area contributed by atoms with Crippen molar-refractivity contribution in [1.29, 1.82) is 0 Å². The number of likely N-dealkylation sites (tertiary alicyclic amines) is 1. The second kappa shape index (κ2) is 7.00. The van der Waals surface area contributed by atoms with Crippen LogP contribution in [0.2, 0.25) is 0 Å². The van der Waals surface area contributed by atoms with Crippen LogP contribution in [0.1, 0.15) is 12.1 Å². The van der Waals surface area contributed by atoms with E-state index in [4.69, 9.17) is 0 Å². The van der Waals surface area contributed by atoms with Gasteiger partial charge in [0, 0.05) is 19.1 Å². The van der Waals surface area contributed by atoms with Gasteiger partial charge < -0.3 is 15.5 Å². The highest BCUT2D eigenvalue weighted by molar-refractivity contribution is 7.17. The minimum Gasteiger partial charge on any atom is -0.364 e. The third-order valence-corrected chi connectivity index (χ3v) is 5.89. The number of anilines is 3. The molecular formula is C17H18N6OS2. The van der Waals surface area contributed by atoms with Crippen LogP contribution in [-0.4, -0.2) is 44.3 Å². The van der Waals surface area contributed by atoms with E-state index in [-0.39, 0.29) is 11.9 Å². The molecule has 1 saturated heterocycles. The molecule has 1 amide bonds. The minimum absolute atomic E-state index is 0.0267. The summed E-state index contributed by atoms with van der Waals surface area (Å²) in [6.45, 7) is 6.89. The maximum Gasteiger partial charge on any atom is 0.246 e. The average Bonchev–Trinajstić information content (AvgIpc) is 3.35. The molecule has 0 aliphatic carbocycles. The van der Waals surface area contributed by atoms with Gasteiger partial charge in [0.25, 0.3) is 0 Å². The summed E-state index contributed by atoms with van der Waals surface area (Å²) in [5.74, 6) is 1.31. The van der Waals surface area contributed by atoms with Gasteiger partial charge in [-0.25, -0.2) is 4.98 Å². The lowest BCUT2D eigenvalue weighted by Gasteiger charge is -2.16. The van der Waals surface area contributed by atoms with Crippen LogP contribution in [0.5, 0.6) is 0 Å². The second-order valence-corrected chi connectivity index (χ2v) is 7.83. The summed E-state index contributed by atoms with van der Waals surface area (Å²) in [5, 5.41) is 9.63. The molecule has 1 aliphatic rings. The Morgan fingerprint density at radius 2 is 2.35 bits per heavy atom. The van der Waals surface area contributed by atoms with Gasteiger partial charge in [0.2, 0.25) is 11.9 Å². The summed E-state index contributed by atoms with van der Waals surface area (Å²) < 4.78 is 5.29. The van der Waals surface area contributed by atoms with Gasteiger partial charge in [-0.3, -0.25) is 4.79 Å². The zero-order valence-electron chi connectivity index (χ0n) is 14.2. The van der Waals surface area contributed by atoms with E-state index in [9.17, 15) is 4.79 Å². The van der Waals surface area contributed by atoms with Crippen LogP contribution in [0.25, 0.3) is 10.2 Å².